The Kier molecular flexibility index (Phi) is 5.53. The lowest BCUT2D eigenvalue weighted by atomic mass is 9.85. The van der Waals surface area contributed by atoms with Gasteiger partial charge in [-0.2, -0.15) is 0 Å². The van der Waals surface area contributed by atoms with Crippen LogP contribution >= 0.6 is 0 Å². The molecule has 1 unspecified atom stereocenters. The van der Waals surface area contributed by atoms with Crippen LogP contribution < -0.4 is 0 Å². The molecule has 1 heterocycles. The Hall–Kier alpha value is -3.33. The first-order chi connectivity index (χ1) is 13.8. The predicted octanol–water partition coefficient (Wildman–Crippen LogP) is 5.83. The topological polar surface area (TPSA) is 29.5 Å². The van der Waals surface area contributed by atoms with Gasteiger partial charge in [-0.05, 0) is 34.8 Å². The number of carbonyl (C=O) groups is 1. The van der Waals surface area contributed by atoms with E-state index in [2.05, 4.69) is 42.5 Å². The van der Waals surface area contributed by atoms with Gasteiger partial charge in [0.05, 0.1) is 0 Å². The highest BCUT2D eigenvalue weighted by molar-refractivity contribution is 5.71. The van der Waals surface area contributed by atoms with E-state index in [0.717, 1.165) is 17.5 Å². The summed E-state index contributed by atoms with van der Waals surface area (Å²) in [5.41, 5.74) is 4.68. The first kappa shape index (κ1) is 18.1. The minimum Gasteiger partial charge on any atom is -0.444 e. The van der Waals surface area contributed by atoms with Gasteiger partial charge >= 0.3 is 6.09 Å². The molecule has 3 aromatic carbocycles. The highest BCUT2D eigenvalue weighted by Crippen LogP contribution is 2.32. The van der Waals surface area contributed by atoms with Crippen LogP contribution in [0.4, 0.5) is 4.79 Å². The van der Waals surface area contributed by atoms with Crippen molar-refractivity contribution in [3.05, 3.63) is 113 Å². The summed E-state index contributed by atoms with van der Waals surface area (Å²) in [6.07, 6.45) is 4.37. The summed E-state index contributed by atoms with van der Waals surface area (Å²) in [5.74, 6) is 0.242. The van der Waals surface area contributed by atoms with Crippen LogP contribution in [0.3, 0.4) is 0 Å². The average molecular weight is 369 g/mol. The number of nitrogens with zero attached hydrogens (tertiary/aromatic N) is 1. The van der Waals surface area contributed by atoms with E-state index in [4.69, 9.17) is 4.74 Å². The van der Waals surface area contributed by atoms with Crippen molar-refractivity contribution >= 4 is 12.2 Å². The fourth-order valence-corrected chi connectivity index (χ4v) is 3.63. The van der Waals surface area contributed by atoms with Crippen molar-refractivity contribution in [1.82, 2.24) is 4.90 Å². The molecule has 0 aliphatic carbocycles. The fourth-order valence-electron chi connectivity index (χ4n) is 3.63. The molecule has 1 aliphatic rings. The number of benzene rings is 3. The monoisotopic (exact) mass is 369 g/mol. The maximum Gasteiger partial charge on any atom is 0.414 e. The maximum absolute atomic E-state index is 12.6. The van der Waals surface area contributed by atoms with Gasteiger partial charge in [-0.15, -0.1) is 0 Å². The van der Waals surface area contributed by atoms with Crippen molar-refractivity contribution in [2.45, 2.75) is 18.9 Å². The number of hydrogen-bond donors (Lipinski definition) is 0. The van der Waals surface area contributed by atoms with E-state index in [1.807, 2.05) is 54.7 Å². The zero-order valence-corrected chi connectivity index (χ0v) is 15.7. The van der Waals surface area contributed by atoms with E-state index in [1.165, 1.54) is 11.1 Å². The molecule has 1 amide bonds. The van der Waals surface area contributed by atoms with E-state index >= 15 is 0 Å². The second-order valence-corrected chi connectivity index (χ2v) is 6.93. The molecule has 0 bridgehead atoms. The molecule has 0 aromatic heterocycles. The lowest BCUT2D eigenvalue weighted by Crippen LogP contribution is -2.29. The third-order valence-electron chi connectivity index (χ3n) is 5.11. The van der Waals surface area contributed by atoms with Gasteiger partial charge in [-0.25, -0.2) is 4.79 Å². The average Bonchev–Trinajstić information content (AvgIpc) is 2.74. The molecule has 0 saturated heterocycles. The van der Waals surface area contributed by atoms with Gasteiger partial charge in [0.25, 0.3) is 0 Å². The van der Waals surface area contributed by atoms with Crippen LogP contribution in [0, 0.1) is 0 Å². The highest BCUT2D eigenvalue weighted by atomic mass is 16.6. The second kappa shape index (κ2) is 8.57. The number of rotatable bonds is 3. The van der Waals surface area contributed by atoms with Gasteiger partial charge in [0, 0.05) is 18.7 Å². The molecule has 0 spiro atoms. The molecule has 0 saturated carbocycles. The lowest BCUT2D eigenvalue weighted by Gasteiger charge is -2.26. The van der Waals surface area contributed by atoms with E-state index in [-0.39, 0.29) is 18.6 Å². The summed E-state index contributed by atoms with van der Waals surface area (Å²) in [6, 6.07) is 28.6. The van der Waals surface area contributed by atoms with Crippen LogP contribution in [0.25, 0.3) is 6.08 Å². The third-order valence-corrected chi connectivity index (χ3v) is 5.11. The number of amides is 1. The predicted molar refractivity (Wildman–Crippen MR) is 112 cm³/mol. The normalized spacial score (nSPS) is 17.1. The minimum absolute atomic E-state index is 0.242. The summed E-state index contributed by atoms with van der Waals surface area (Å²) < 4.78 is 5.53. The van der Waals surface area contributed by atoms with Crippen LogP contribution in [0.5, 0.6) is 0 Å². The number of carbonyl (C=O) groups excluding carboxylic acids is 1. The van der Waals surface area contributed by atoms with Crippen LogP contribution in [0.2, 0.25) is 0 Å². The largest absolute Gasteiger partial charge is 0.444 e. The van der Waals surface area contributed by atoms with E-state index in [9.17, 15) is 4.79 Å². The molecule has 0 N–H and O–H groups in total. The summed E-state index contributed by atoms with van der Waals surface area (Å²) >= 11 is 0. The molecular formula is C25H23NO2. The van der Waals surface area contributed by atoms with E-state index in [1.54, 1.807) is 4.90 Å². The third kappa shape index (κ3) is 4.15. The standard InChI is InChI=1S/C25H23NO2/c27-25(28-19-20-9-3-1-4-10-20)26-17-15-22-13-7-8-14-23(22)24(16-18-26)21-11-5-2-6-12-21/h1-15,17,24H,16,18-19H2/b17-15-. The number of ether oxygens (including phenoxy) is 1. The summed E-state index contributed by atoms with van der Waals surface area (Å²) in [7, 11) is 0. The van der Waals surface area contributed by atoms with Gasteiger partial charge in [-0.3, -0.25) is 4.90 Å². The van der Waals surface area contributed by atoms with Crippen LogP contribution in [0.1, 0.15) is 34.6 Å². The second-order valence-electron chi connectivity index (χ2n) is 6.93. The van der Waals surface area contributed by atoms with Crippen molar-refractivity contribution in [1.29, 1.82) is 0 Å². The van der Waals surface area contributed by atoms with Crippen LogP contribution in [0.15, 0.2) is 91.1 Å². The van der Waals surface area contributed by atoms with Crippen molar-refractivity contribution in [3.8, 4) is 0 Å². The Bertz CT molecular complexity index is 951. The zero-order valence-electron chi connectivity index (χ0n) is 15.7. The van der Waals surface area contributed by atoms with Crippen molar-refractivity contribution in [3.63, 3.8) is 0 Å². The van der Waals surface area contributed by atoms with Gasteiger partial charge < -0.3 is 4.74 Å². The molecule has 3 nitrogen and oxygen atoms in total. The van der Waals surface area contributed by atoms with E-state index in [0.29, 0.717) is 6.54 Å². The maximum atomic E-state index is 12.6. The lowest BCUT2D eigenvalue weighted by molar-refractivity contribution is 0.110. The Morgan fingerprint density at radius 3 is 2.36 bits per heavy atom. The Balaban J connectivity index is 1.55. The minimum atomic E-state index is -0.314. The summed E-state index contributed by atoms with van der Waals surface area (Å²) in [6.45, 7) is 0.890. The Labute approximate surface area is 165 Å². The van der Waals surface area contributed by atoms with Crippen molar-refractivity contribution < 1.29 is 9.53 Å². The summed E-state index contributed by atoms with van der Waals surface area (Å²) in [4.78, 5) is 14.3. The van der Waals surface area contributed by atoms with Crippen LogP contribution in [-0.2, 0) is 11.3 Å². The molecular weight excluding hydrogens is 346 g/mol. The zero-order chi connectivity index (χ0) is 19.2. The van der Waals surface area contributed by atoms with Gasteiger partial charge in [0.2, 0.25) is 0 Å². The Morgan fingerprint density at radius 2 is 1.57 bits per heavy atom. The molecule has 140 valence electrons. The quantitative estimate of drug-likeness (QED) is 0.581. The first-order valence-corrected chi connectivity index (χ1v) is 9.60. The molecule has 1 aliphatic heterocycles. The van der Waals surface area contributed by atoms with Crippen LogP contribution in [-0.4, -0.2) is 17.5 Å². The Morgan fingerprint density at radius 1 is 0.893 bits per heavy atom. The van der Waals surface area contributed by atoms with Crippen molar-refractivity contribution in [2.24, 2.45) is 0 Å². The van der Waals surface area contributed by atoms with Crippen molar-refractivity contribution in [2.75, 3.05) is 6.54 Å². The smallest absolute Gasteiger partial charge is 0.414 e. The first-order valence-electron chi connectivity index (χ1n) is 9.60. The fraction of sp³-hybridized carbons (Fsp3) is 0.160. The number of hydrogen-bond acceptors (Lipinski definition) is 2. The highest BCUT2D eigenvalue weighted by Gasteiger charge is 2.22. The SMILES string of the molecule is O=C(OCc1ccccc1)N1/C=C\c2ccccc2C(c2ccccc2)CC1. The molecule has 0 fully saturated rings. The summed E-state index contributed by atoms with van der Waals surface area (Å²) in [5, 5.41) is 0. The molecule has 3 heteroatoms. The molecule has 28 heavy (non-hydrogen) atoms. The van der Waals surface area contributed by atoms with E-state index < -0.39 is 0 Å². The molecule has 1 atom stereocenters. The van der Waals surface area contributed by atoms with Gasteiger partial charge in [-0.1, -0.05) is 84.9 Å². The van der Waals surface area contributed by atoms with Gasteiger partial charge in [0.1, 0.15) is 6.61 Å². The van der Waals surface area contributed by atoms with Gasteiger partial charge in [0.15, 0.2) is 0 Å². The molecule has 0 radical (unpaired) electrons. The molecule has 4 rings (SSSR count). The molecule has 3 aromatic rings. The number of fused-ring (bicyclic) bond motifs is 1.